The maximum atomic E-state index is 12.7. The molecule has 1 rings (SSSR count). The Morgan fingerprint density at radius 2 is 1.69 bits per heavy atom. The molecule has 0 saturated heterocycles. The highest BCUT2D eigenvalue weighted by atomic mass is 16.7. The van der Waals surface area contributed by atoms with E-state index in [1.807, 2.05) is 38.1 Å². The van der Waals surface area contributed by atoms with Crippen molar-refractivity contribution in [3.8, 4) is 5.75 Å². The predicted molar refractivity (Wildman–Crippen MR) is 95.6 cm³/mol. The summed E-state index contributed by atoms with van der Waals surface area (Å²) in [6, 6.07) is 7.33. The van der Waals surface area contributed by atoms with Gasteiger partial charge in [-0.2, -0.15) is 0 Å². The summed E-state index contributed by atoms with van der Waals surface area (Å²) in [4.78, 5) is 25.2. The number of hydrogen-bond acceptors (Lipinski definition) is 6. The lowest BCUT2D eigenvalue weighted by Gasteiger charge is -2.29. The first-order valence-electron chi connectivity index (χ1n) is 8.52. The zero-order valence-electron chi connectivity index (χ0n) is 15.8. The van der Waals surface area contributed by atoms with Crippen LogP contribution in [0.5, 0.6) is 5.75 Å². The number of hydrogen-bond donors (Lipinski definition) is 1. The highest BCUT2D eigenvalue weighted by Gasteiger charge is 2.26. The van der Waals surface area contributed by atoms with Crippen molar-refractivity contribution in [2.75, 3.05) is 26.9 Å². The van der Waals surface area contributed by atoms with E-state index in [0.717, 1.165) is 11.3 Å². The molecular weight excluding hydrogens is 340 g/mol. The number of benzene rings is 1. The molecule has 1 aromatic carbocycles. The third-order valence-corrected chi connectivity index (χ3v) is 3.56. The maximum absolute atomic E-state index is 12.7. The fraction of sp³-hybridized carbons (Fsp3) is 0.556. The van der Waals surface area contributed by atoms with Crippen molar-refractivity contribution in [3.63, 3.8) is 0 Å². The lowest BCUT2D eigenvalue weighted by Crippen LogP contribution is -2.45. The largest absolute Gasteiger partial charge is 0.497 e. The molecule has 1 unspecified atom stereocenters. The molecule has 146 valence electrons. The van der Waals surface area contributed by atoms with Gasteiger partial charge in [-0.1, -0.05) is 12.1 Å². The molecule has 0 radical (unpaired) electrons. The van der Waals surface area contributed by atoms with Gasteiger partial charge in [0.1, 0.15) is 5.75 Å². The Morgan fingerprint density at radius 1 is 1.12 bits per heavy atom. The van der Waals surface area contributed by atoms with Gasteiger partial charge < -0.3 is 29.6 Å². The second-order valence-electron chi connectivity index (χ2n) is 5.49. The smallest absolute Gasteiger partial charge is 0.405 e. The van der Waals surface area contributed by atoms with Gasteiger partial charge in [-0.05, 0) is 38.5 Å². The fourth-order valence-corrected chi connectivity index (χ4v) is 2.37. The Morgan fingerprint density at radius 3 is 2.15 bits per heavy atom. The monoisotopic (exact) mass is 368 g/mol. The van der Waals surface area contributed by atoms with Crippen LogP contribution in [0.3, 0.4) is 0 Å². The second kappa shape index (κ2) is 11.3. The first kappa shape index (κ1) is 21.7. The van der Waals surface area contributed by atoms with Crippen molar-refractivity contribution in [1.29, 1.82) is 0 Å². The fourth-order valence-electron chi connectivity index (χ4n) is 2.37. The Kier molecular flexibility index (Phi) is 9.46. The minimum absolute atomic E-state index is 0.193. The molecule has 0 bridgehead atoms. The highest BCUT2D eigenvalue weighted by molar-refractivity contribution is 5.82. The first-order valence-corrected chi connectivity index (χ1v) is 8.52. The van der Waals surface area contributed by atoms with E-state index >= 15 is 0 Å². The molecule has 1 atom stereocenters. The average molecular weight is 368 g/mol. The van der Waals surface area contributed by atoms with E-state index in [1.165, 1.54) is 11.8 Å². The van der Waals surface area contributed by atoms with Crippen molar-refractivity contribution in [2.45, 2.75) is 39.7 Å². The van der Waals surface area contributed by atoms with Gasteiger partial charge in [0.2, 0.25) is 0 Å². The minimum Gasteiger partial charge on any atom is -0.497 e. The number of amides is 2. The molecule has 0 aliphatic rings. The number of methoxy groups -OCH3 is 1. The van der Waals surface area contributed by atoms with Gasteiger partial charge in [0, 0.05) is 19.8 Å². The van der Waals surface area contributed by atoms with Crippen molar-refractivity contribution in [2.24, 2.45) is 5.73 Å². The molecule has 8 heteroatoms. The molecular formula is C18H28N2O6. The van der Waals surface area contributed by atoms with Gasteiger partial charge in [-0.25, -0.2) is 4.79 Å². The summed E-state index contributed by atoms with van der Waals surface area (Å²) >= 11 is 0. The highest BCUT2D eigenvalue weighted by Crippen LogP contribution is 2.15. The van der Waals surface area contributed by atoms with E-state index in [1.54, 1.807) is 7.11 Å². The summed E-state index contributed by atoms with van der Waals surface area (Å²) in [6.45, 7) is 6.56. The van der Waals surface area contributed by atoms with E-state index < -0.39 is 18.5 Å². The van der Waals surface area contributed by atoms with E-state index in [9.17, 15) is 9.59 Å². The second-order valence-corrected chi connectivity index (χ2v) is 5.49. The number of primary amides is 1. The van der Waals surface area contributed by atoms with Crippen LogP contribution in [0.4, 0.5) is 4.79 Å². The van der Waals surface area contributed by atoms with E-state index in [0.29, 0.717) is 19.8 Å². The molecule has 0 spiro atoms. The van der Waals surface area contributed by atoms with Crippen LogP contribution < -0.4 is 10.5 Å². The topological polar surface area (TPSA) is 100 Å². The number of ether oxygens (including phenoxy) is 4. The number of nitrogens with zero attached hydrogens (tertiary/aromatic N) is 1. The van der Waals surface area contributed by atoms with Gasteiger partial charge in [-0.15, -0.1) is 0 Å². The van der Waals surface area contributed by atoms with Crippen LogP contribution in [0, 0.1) is 0 Å². The lowest BCUT2D eigenvalue weighted by atomic mass is 10.2. The predicted octanol–water partition coefficient (Wildman–Crippen LogP) is 1.91. The standard InChI is InChI=1S/C18H28N2O6/c1-5-24-16(25-6-2)12-20(17(21)13(3)26-18(19)22)11-14-7-9-15(23-4)10-8-14/h7-10,13,16H,5-6,11-12H2,1-4H3,(H2,19,22). The molecule has 0 aliphatic heterocycles. The van der Waals surface area contributed by atoms with Crippen LogP contribution in [0.2, 0.25) is 0 Å². The number of carbonyl (C=O) groups excluding carboxylic acids is 2. The summed E-state index contributed by atoms with van der Waals surface area (Å²) in [5.74, 6) is 0.336. The molecule has 2 amide bonds. The molecule has 0 heterocycles. The molecule has 0 aliphatic carbocycles. The Hall–Kier alpha value is -2.32. The van der Waals surface area contributed by atoms with Crippen LogP contribution in [-0.2, 0) is 25.5 Å². The molecule has 0 aromatic heterocycles. The quantitative estimate of drug-likeness (QED) is 0.599. The Bertz CT molecular complexity index is 557. The Labute approximate surface area is 154 Å². The number of carbonyl (C=O) groups is 2. The normalized spacial score (nSPS) is 11.9. The van der Waals surface area contributed by atoms with Crippen molar-refractivity contribution < 1.29 is 28.5 Å². The van der Waals surface area contributed by atoms with Gasteiger partial charge in [0.15, 0.2) is 12.4 Å². The lowest BCUT2D eigenvalue weighted by molar-refractivity contribution is -0.164. The first-order chi connectivity index (χ1) is 12.4. The van der Waals surface area contributed by atoms with Crippen LogP contribution in [0.1, 0.15) is 26.3 Å². The Balaban J connectivity index is 2.94. The van der Waals surface area contributed by atoms with Gasteiger partial charge in [-0.3, -0.25) is 4.79 Å². The average Bonchev–Trinajstić information content (AvgIpc) is 2.61. The zero-order valence-corrected chi connectivity index (χ0v) is 15.8. The summed E-state index contributed by atoms with van der Waals surface area (Å²) in [6.07, 6.45) is -2.58. The third-order valence-electron chi connectivity index (χ3n) is 3.56. The maximum Gasteiger partial charge on any atom is 0.405 e. The molecule has 2 N–H and O–H groups in total. The van der Waals surface area contributed by atoms with Crippen LogP contribution >= 0.6 is 0 Å². The van der Waals surface area contributed by atoms with Crippen LogP contribution in [-0.4, -0.2) is 56.2 Å². The number of rotatable bonds is 11. The molecule has 1 aromatic rings. The summed E-state index contributed by atoms with van der Waals surface area (Å²) in [5, 5.41) is 0. The zero-order chi connectivity index (χ0) is 19.5. The van der Waals surface area contributed by atoms with Crippen molar-refractivity contribution in [1.82, 2.24) is 4.90 Å². The van der Waals surface area contributed by atoms with Gasteiger partial charge >= 0.3 is 6.09 Å². The molecule has 0 saturated carbocycles. The SMILES string of the molecule is CCOC(CN(Cc1ccc(OC)cc1)C(=O)C(C)OC(N)=O)OCC. The molecule has 26 heavy (non-hydrogen) atoms. The minimum atomic E-state index is -1.00. The summed E-state index contributed by atoms with van der Waals surface area (Å²) in [7, 11) is 1.59. The van der Waals surface area contributed by atoms with E-state index in [-0.39, 0.29) is 12.5 Å². The van der Waals surface area contributed by atoms with E-state index in [2.05, 4.69) is 0 Å². The van der Waals surface area contributed by atoms with Crippen LogP contribution in [0.25, 0.3) is 0 Å². The summed E-state index contributed by atoms with van der Waals surface area (Å²) in [5.41, 5.74) is 5.90. The van der Waals surface area contributed by atoms with Crippen LogP contribution in [0.15, 0.2) is 24.3 Å². The number of nitrogens with two attached hydrogens (primary N) is 1. The van der Waals surface area contributed by atoms with Gasteiger partial charge in [0.25, 0.3) is 5.91 Å². The van der Waals surface area contributed by atoms with Crippen molar-refractivity contribution >= 4 is 12.0 Å². The molecule has 8 nitrogen and oxygen atoms in total. The van der Waals surface area contributed by atoms with Crippen molar-refractivity contribution in [3.05, 3.63) is 29.8 Å². The van der Waals surface area contributed by atoms with Gasteiger partial charge in [0.05, 0.1) is 13.7 Å². The molecule has 0 fully saturated rings. The third kappa shape index (κ3) is 7.28. The van der Waals surface area contributed by atoms with E-state index in [4.69, 9.17) is 24.7 Å². The summed E-state index contributed by atoms with van der Waals surface area (Å²) < 4.78 is 21.0.